The van der Waals surface area contributed by atoms with Gasteiger partial charge in [0.05, 0.1) is 0 Å². The van der Waals surface area contributed by atoms with Crippen LogP contribution in [0.2, 0.25) is 10.4 Å². The first-order valence-electron chi connectivity index (χ1n) is 3.13. The number of hydrogen-bond acceptors (Lipinski definition) is 3. The molecule has 3 nitrogen and oxygen atoms in total. The normalized spacial score (nSPS) is 10.5. The highest BCUT2D eigenvalue weighted by atomic mass is 35.5. The van der Waals surface area contributed by atoms with E-state index in [0.717, 1.165) is 0 Å². The fourth-order valence-electron chi connectivity index (χ4n) is 0.821. The third kappa shape index (κ3) is 1.33. The highest BCUT2D eigenvalue weighted by Gasteiger charge is 2.08. The van der Waals surface area contributed by atoms with Gasteiger partial charge < -0.3 is 8.94 Å². The average molecular weight is 204 g/mol. The van der Waals surface area contributed by atoms with Crippen LogP contribution in [-0.4, -0.2) is 5.16 Å². The van der Waals surface area contributed by atoms with Crippen LogP contribution in [-0.2, 0) is 0 Å². The summed E-state index contributed by atoms with van der Waals surface area (Å²) in [6, 6.07) is 4.87. The van der Waals surface area contributed by atoms with Gasteiger partial charge in [-0.2, -0.15) is 0 Å². The molecule has 12 heavy (non-hydrogen) atoms. The molecule has 0 amide bonds. The molecule has 62 valence electrons. The molecule has 0 N–H and O–H groups in total. The number of nitrogens with zero attached hydrogens (tertiary/aromatic N) is 1. The van der Waals surface area contributed by atoms with E-state index in [1.54, 1.807) is 18.2 Å². The lowest BCUT2D eigenvalue weighted by atomic mass is 10.3. The summed E-state index contributed by atoms with van der Waals surface area (Å²) in [7, 11) is 0. The summed E-state index contributed by atoms with van der Waals surface area (Å²) in [6.07, 6.45) is 0. The Bertz CT molecular complexity index is 355. The van der Waals surface area contributed by atoms with Crippen LogP contribution in [0.25, 0.3) is 11.5 Å². The number of hydrogen-bond donors (Lipinski definition) is 0. The Morgan fingerprint density at radius 2 is 2.00 bits per heavy atom. The molecule has 2 aromatic rings. The largest absolute Gasteiger partial charge is 0.443 e. The highest BCUT2D eigenvalue weighted by Crippen LogP contribution is 2.25. The Morgan fingerprint density at radius 1 is 1.17 bits per heavy atom. The summed E-state index contributed by atoms with van der Waals surface area (Å²) in [4.78, 5) is 0. The maximum Gasteiger partial charge on any atom is 0.226 e. The Balaban J connectivity index is 2.43. The summed E-state index contributed by atoms with van der Waals surface area (Å²) in [5.74, 6) is 0.538. The number of furan rings is 1. The van der Waals surface area contributed by atoms with Crippen LogP contribution < -0.4 is 0 Å². The van der Waals surface area contributed by atoms with Crippen LogP contribution in [0.3, 0.4) is 0 Å². The molecule has 2 aromatic heterocycles. The van der Waals surface area contributed by atoms with E-state index in [-0.39, 0.29) is 5.22 Å². The quantitative estimate of drug-likeness (QED) is 0.715. The van der Waals surface area contributed by atoms with E-state index < -0.39 is 0 Å². The van der Waals surface area contributed by atoms with Crippen molar-refractivity contribution in [2.45, 2.75) is 0 Å². The van der Waals surface area contributed by atoms with Crippen molar-refractivity contribution >= 4 is 23.2 Å². The molecule has 2 rings (SSSR count). The van der Waals surface area contributed by atoms with Gasteiger partial charge in [0, 0.05) is 6.07 Å². The minimum Gasteiger partial charge on any atom is -0.443 e. The van der Waals surface area contributed by atoms with Gasteiger partial charge in [-0.15, -0.1) is 0 Å². The van der Waals surface area contributed by atoms with E-state index in [1.807, 2.05) is 0 Å². The lowest BCUT2D eigenvalue weighted by Gasteiger charge is -1.83. The Labute approximate surface area is 77.9 Å². The van der Waals surface area contributed by atoms with Gasteiger partial charge in [-0.1, -0.05) is 5.16 Å². The summed E-state index contributed by atoms with van der Waals surface area (Å²) < 4.78 is 9.71. The summed E-state index contributed by atoms with van der Waals surface area (Å²) in [6.45, 7) is 0. The second-order valence-electron chi connectivity index (χ2n) is 2.12. The smallest absolute Gasteiger partial charge is 0.226 e. The first-order valence-corrected chi connectivity index (χ1v) is 3.89. The second-order valence-corrected chi connectivity index (χ2v) is 2.87. The molecule has 0 radical (unpaired) electrons. The molecule has 0 saturated heterocycles. The first-order chi connectivity index (χ1) is 5.75. The Morgan fingerprint density at radius 3 is 2.50 bits per heavy atom. The summed E-state index contributed by atoms with van der Waals surface area (Å²) >= 11 is 11.1. The van der Waals surface area contributed by atoms with Crippen molar-refractivity contribution in [2.24, 2.45) is 0 Å². The minimum absolute atomic E-state index is 0.220. The van der Waals surface area contributed by atoms with E-state index >= 15 is 0 Å². The molecule has 0 aliphatic carbocycles. The number of aromatic nitrogens is 1. The fraction of sp³-hybridized carbons (Fsp3) is 0. The molecule has 0 saturated carbocycles. The number of rotatable bonds is 1. The molecular weight excluding hydrogens is 201 g/mol. The first kappa shape index (κ1) is 7.71. The summed E-state index contributed by atoms with van der Waals surface area (Å²) in [5.41, 5.74) is 0.534. The Hall–Kier alpha value is -0.930. The molecule has 0 unspecified atom stereocenters. The van der Waals surface area contributed by atoms with Crippen LogP contribution in [0.5, 0.6) is 0 Å². The third-order valence-corrected chi connectivity index (χ3v) is 1.69. The molecule has 0 aliphatic rings. The zero-order valence-corrected chi connectivity index (χ0v) is 7.26. The van der Waals surface area contributed by atoms with Gasteiger partial charge in [0.25, 0.3) is 0 Å². The van der Waals surface area contributed by atoms with Crippen molar-refractivity contribution < 1.29 is 8.94 Å². The summed E-state index contributed by atoms with van der Waals surface area (Å²) in [5, 5.41) is 4.17. The molecule has 5 heteroatoms. The number of halogens is 2. The van der Waals surface area contributed by atoms with Crippen molar-refractivity contribution in [3.63, 3.8) is 0 Å². The minimum atomic E-state index is 0.220. The standard InChI is InChI=1S/C7H3Cl2NO2/c8-6-2-1-5(11-6)4-3-7(9)12-10-4/h1-3H. The lowest BCUT2D eigenvalue weighted by molar-refractivity contribution is 0.421. The predicted molar refractivity (Wildman–Crippen MR) is 44.2 cm³/mol. The highest BCUT2D eigenvalue weighted by molar-refractivity contribution is 6.29. The van der Waals surface area contributed by atoms with Crippen LogP contribution in [0.15, 0.2) is 27.1 Å². The van der Waals surface area contributed by atoms with Crippen molar-refractivity contribution in [3.8, 4) is 11.5 Å². The van der Waals surface area contributed by atoms with Gasteiger partial charge >= 0.3 is 0 Å². The van der Waals surface area contributed by atoms with Gasteiger partial charge in [0.1, 0.15) is 0 Å². The van der Waals surface area contributed by atoms with E-state index in [1.165, 1.54) is 0 Å². The van der Waals surface area contributed by atoms with Crippen LogP contribution in [0.1, 0.15) is 0 Å². The van der Waals surface area contributed by atoms with Gasteiger partial charge in [-0.25, -0.2) is 0 Å². The van der Waals surface area contributed by atoms with Gasteiger partial charge in [-0.3, -0.25) is 0 Å². The molecule has 0 atom stereocenters. The molecule has 0 bridgehead atoms. The SMILES string of the molecule is Clc1cc(-c2ccc(Cl)o2)no1. The van der Waals surface area contributed by atoms with Gasteiger partial charge in [0.15, 0.2) is 16.7 Å². The molecule has 0 aromatic carbocycles. The average Bonchev–Trinajstić information content (AvgIpc) is 2.58. The van der Waals surface area contributed by atoms with E-state index in [0.29, 0.717) is 16.7 Å². The predicted octanol–water partition coefficient (Wildman–Crippen LogP) is 3.24. The molecule has 2 heterocycles. The monoisotopic (exact) mass is 203 g/mol. The van der Waals surface area contributed by atoms with Gasteiger partial charge in [-0.05, 0) is 35.3 Å². The van der Waals surface area contributed by atoms with Crippen molar-refractivity contribution in [1.29, 1.82) is 0 Å². The zero-order valence-electron chi connectivity index (χ0n) is 5.75. The zero-order chi connectivity index (χ0) is 8.55. The van der Waals surface area contributed by atoms with Crippen LogP contribution in [0.4, 0.5) is 0 Å². The van der Waals surface area contributed by atoms with E-state index in [9.17, 15) is 0 Å². The lowest BCUT2D eigenvalue weighted by Crippen LogP contribution is -1.68. The Kier molecular flexibility index (Phi) is 1.83. The van der Waals surface area contributed by atoms with Crippen LogP contribution in [0, 0.1) is 0 Å². The van der Waals surface area contributed by atoms with Crippen molar-refractivity contribution in [1.82, 2.24) is 5.16 Å². The maximum absolute atomic E-state index is 5.56. The van der Waals surface area contributed by atoms with Crippen molar-refractivity contribution in [3.05, 3.63) is 28.6 Å². The van der Waals surface area contributed by atoms with E-state index in [4.69, 9.17) is 27.6 Å². The van der Waals surface area contributed by atoms with Crippen LogP contribution >= 0.6 is 23.2 Å². The topological polar surface area (TPSA) is 39.2 Å². The molecule has 0 fully saturated rings. The molecule has 0 aliphatic heterocycles. The third-order valence-electron chi connectivity index (χ3n) is 1.31. The molecular formula is C7H3Cl2NO2. The van der Waals surface area contributed by atoms with Gasteiger partial charge in [0.2, 0.25) is 5.22 Å². The van der Waals surface area contributed by atoms with Crippen molar-refractivity contribution in [2.75, 3.05) is 0 Å². The van der Waals surface area contributed by atoms with E-state index in [2.05, 4.69) is 9.68 Å². The molecule has 0 spiro atoms. The fourth-order valence-corrected chi connectivity index (χ4v) is 1.11. The second kappa shape index (κ2) is 2.84. The maximum atomic E-state index is 5.56.